The second kappa shape index (κ2) is 12.7. The van der Waals surface area contributed by atoms with E-state index in [9.17, 15) is 4.79 Å². The van der Waals surface area contributed by atoms with Gasteiger partial charge in [0.15, 0.2) is 0 Å². The van der Waals surface area contributed by atoms with Gasteiger partial charge in [-0.2, -0.15) is 4.98 Å². The van der Waals surface area contributed by atoms with E-state index in [2.05, 4.69) is 29.9 Å². The minimum absolute atomic E-state index is 0.196. The lowest BCUT2D eigenvalue weighted by molar-refractivity contribution is 0.0697. The predicted molar refractivity (Wildman–Crippen MR) is 106 cm³/mol. The SMILES string of the molecule is C=C(CC)Cc1nc(-c2cccc(C(=O)O)c2)no1.C=CC(=C)Cl.CC. The van der Waals surface area contributed by atoms with Crippen LogP contribution < -0.4 is 0 Å². The molecule has 26 heavy (non-hydrogen) atoms. The molecule has 0 bridgehead atoms. The number of benzene rings is 1. The second-order valence-electron chi connectivity index (χ2n) is 4.83. The van der Waals surface area contributed by atoms with Crippen LogP contribution in [0.4, 0.5) is 0 Å². The number of carbonyl (C=O) groups is 1. The zero-order valence-corrected chi connectivity index (χ0v) is 16.2. The Balaban J connectivity index is 0.000000772. The van der Waals surface area contributed by atoms with Crippen LogP contribution in [-0.4, -0.2) is 21.2 Å². The normalized spacial score (nSPS) is 9.08. The van der Waals surface area contributed by atoms with Gasteiger partial charge in [-0.25, -0.2) is 4.79 Å². The maximum atomic E-state index is 10.9. The van der Waals surface area contributed by atoms with E-state index >= 15 is 0 Å². The van der Waals surface area contributed by atoms with Gasteiger partial charge in [0.2, 0.25) is 11.7 Å². The maximum Gasteiger partial charge on any atom is 0.335 e. The summed E-state index contributed by atoms with van der Waals surface area (Å²) < 4.78 is 5.12. The number of rotatable bonds is 6. The van der Waals surface area contributed by atoms with Crippen molar-refractivity contribution in [2.75, 3.05) is 0 Å². The zero-order chi connectivity index (χ0) is 20.1. The van der Waals surface area contributed by atoms with E-state index in [4.69, 9.17) is 21.2 Å². The van der Waals surface area contributed by atoms with E-state index in [1.165, 1.54) is 18.2 Å². The van der Waals surface area contributed by atoms with Crippen molar-refractivity contribution in [2.45, 2.75) is 33.6 Å². The van der Waals surface area contributed by atoms with Gasteiger partial charge in [0.25, 0.3) is 0 Å². The Labute approximate surface area is 159 Å². The minimum atomic E-state index is -0.982. The highest BCUT2D eigenvalue weighted by Crippen LogP contribution is 2.18. The van der Waals surface area contributed by atoms with E-state index < -0.39 is 5.97 Å². The van der Waals surface area contributed by atoms with Gasteiger partial charge in [-0.3, -0.25) is 0 Å². The molecule has 0 aliphatic rings. The third kappa shape index (κ3) is 8.44. The van der Waals surface area contributed by atoms with Crippen LogP contribution in [0.25, 0.3) is 11.4 Å². The summed E-state index contributed by atoms with van der Waals surface area (Å²) in [5.74, 6) is -0.102. The molecular formula is C20H25ClN2O3. The molecule has 2 aromatic rings. The molecule has 0 fully saturated rings. The van der Waals surface area contributed by atoms with E-state index in [1.54, 1.807) is 12.1 Å². The Hall–Kier alpha value is -2.66. The molecule has 1 aromatic heterocycles. The smallest absolute Gasteiger partial charge is 0.335 e. The summed E-state index contributed by atoms with van der Waals surface area (Å²) in [6.45, 7) is 16.5. The fourth-order valence-corrected chi connectivity index (χ4v) is 1.57. The molecule has 0 saturated heterocycles. The molecule has 1 heterocycles. The largest absolute Gasteiger partial charge is 0.478 e. The van der Waals surface area contributed by atoms with Crippen molar-refractivity contribution in [3.05, 3.63) is 72.1 Å². The van der Waals surface area contributed by atoms with Crippen molar-refractivity contribution in [2.24, 2.45) is 0 Å². The van der Waals surface area contributed by atoms with Crippen molar-refractivity contribution in [3.8, 4) is 11.4 Å². The quantitative estimate of drug-likeness (QED) is 0.502. The molecule has 1 N–H and O–H groups in total. The standard InChI is InChI=1S/C14H14N2O3.C4H5Cl.C2H6/c1-3-9(2)7-12-15-13(16-19-12)10-5-4-6-11(8-10)14(17)18;1-3-4(2)5;1-2/h4-6,8H,2-3,7H2,1H3,(H,17,18);3H,1-2H2;1-2H3. The van der Waals surface area contributed by atoms with Crippen molar-refractivity contribution >= 4 is 17.6 Å². The van der Waals surface area contributed by atoms with Crippen LogP contribution in [0, 0.1) is 0 Å². The molecule has 0 aliphatic heterocycles. The number of carboxylic acids is 1. The number of allylic oxidation sites excluding steroid dienone is 3. The topological polar surface area (TPSA) is 76.2 Å². The van der Waals surface area contributed by atoms with Gasteiger partial charge < -0.3 is 9.63 Å². The van der Waals surface area contributed by atoms with E-state index in [0.717, 1.165) is 12.0 Å². The van der Waals surface area contributed by atoms with Gasteiger partial charge in [-0.15, -0.1) is 0 Å². The third-order valence-electron chi connectivity index (χ3n) is 2.96. The Morgan fingerprint density at radius 1 is 1.35 bits per heavy atom. The third-order valence-corrected chi connectivity index (χ3v) is 3.11. The van der Waals surface area contributed by atoms with Crippen LogP contribution in [0.3, 0.4) is 0 Å². The average molecular weight is 377 g/mol. The number of hydrogen-bond donors (Lipinski definition) is 1. The summed E-state index contributed by atoms with van der Waals surface area (Å²) in [4.78, 5) is 15.1. The lowest BCUT2D eigenvalue weighted by Crippen LogP contribution is -1.96. The molecule has 0 spiro atoms. The van der Waals surface area contributed by atoms with Crippen molar-refractivity contribution in [1.82, 2.24) is 10.1 Å². The second-order valence-corrected chi connectivity index (χ2v) is 5.31. The highest BCUT2D eigenvalue weighted by atomic mass is 35.5. The summed E-state index contributed by atoms with van der Waals surface area (Å²) in [7, 11) is 0. The number of aromatic carboxylic acids is 1. The van der Waals surface area contributed by atoms with Crippen LogP contribution in [0.2, 0.25) is 0 Å². The first-order valence-corrected chi connectivity index (χ1v) is 8.55. The maximum absolute atomic E-state index is 10.9. The van der Waals surface area contributed by atoms with Crippen LogP contribution >= 0.6 is 11.6 Å². The highest BCUT2D eigenvalue weighted by Gasteiger charge is 2.11. The van der Waals surface area contributed by atoms with E-state index in [-0.39, 0.29) is 5.56 Å². The molecule has 0 amide bonds. The molecular weight excluding hydrogens is 352 g/mol. The fraction of sp³-hybridized carbons (Fsp3) is 0.250. The molecule has 2 rings (SSSR count). The van der Waals surface area contributed by atoms with Gasteiger partial charge in [0.1, 0.15) is 0 Å². The molecule has 140 valence electrons. The molecule has 5 nitrogen and oxygen atoms in total. The summed E-state index contributed by atoms with van der Waals surface area (Å²) >= 11 is 5.15. The fourth-order valence-electron chi connectivity index (χ4n) is 1.57. The monoisotopic (exact) mass is 376 g/mol. The predicted octanol–water partition coefficient (Wildman–Crippen LogP) is 5.89. The number of aromatic nitrogens is 2. The summed E-state index contributed by atoms with van der Waals surface area (Å²) in [5, 5.41) is 13.3. The Kier molecular flexibility index (Phi) is 11.4. The van der Waals surface area contributed by atoms with Crippen molar-refractivity contribution in [3.63, 3.8) is 0 Å². The first-order valence-electron chi connectivity index (χ1n) is 8.17. The summed E-state index contributed by atoms with van der Waals surface area (Å²) in [6.07, 6.45) is 2.88. The van der Waals surface area contributed by atoms with Gasteiger partial charge >= 0.3 is 5.97 Å². The average Bonchev–Trinajstić information content (AvgIpc) is 3.12. The highest BCUT2D eigenvalue weighted by molar-refractivity contribution is 6.30. The zero-order valence-electron chi connectivity index (χ0n) is 15.5. The van der Waals surface area contributed by atoms with Crippen LogP contribution in [0.5, 0.6) is 0 Å². The minimum Gasteiger partial charge on any atom is -0.478 e. The molecule has 0 radical (unpaired) electrons. The number of halogens is 1. The van der Waals surface area contributed by atoms with E-state index in [1.807, 2.05) is 20.8 Å². The van der Waals surface area contributed by atoms with Gasteiger partial charge in [0.05, 0.1) is 5.56 Å². The summed E-state index contributed by atoms with van der Waals surface area (Å²) in [6, 6.07) is 6.44. The Morgan fingerprint density at radius 3 is 2.46 bits per heavy atom. The first-order chi connectivity index (χ1) is 12.4. The lowest BCUT2D eigenvalue weighted by Gasteiger charge is -1.97. The van der Waals surface area contributed by atoms with Crippen LogP contribution in [0.1, 0.15) is 43.4 Å². The molecule has 6 heteroatoms. The molecule has 0 aliphatic carbocycles. The van der Waals surface area contributed by atoms with Crippen molar-refractivity contribution < 1.29 is 14.4 Å². The van der Waals surface area contributed by atoms with Gasteiger partial charge in [-0.1, -0.05) is 81.0 Å². The lowest BCUT2D eigenvalue weighted by atomic mass is 10.1. The van der Waals surface area contributed by atoms with Crippen molar-refractivity contribution in [1.29, 1.82) is 0 Å². The summed E-state index contributed by atoms with van der Waals surface area (Å²) in [5.41, 5.74) is 1.83. The van der Waals surface area contributed by atoms with Crippen LogP contribution in [-0.2, 0) is 6.42 Å². The number of carboxylic acid groups (broad SMARTS) is 1. The van der Waals surface area contributed by atoms with E-state index in [0.29, 0.717) is 28.7 Å². The van der Waals surface area contributed by atoms with Gasteiger partial charge in [0, 0.05) is 17.0 Å². The Bertz CT molecular complexity index is 751. The van der Waals surface area contributed by atoms with Gasteiger partial charge in [-0.05, 0) is 18.6 Å². The Morgan fingerprint density at radius 2 is 1.96 bits per heavy atom. The molecule has 0 saturated carbocycles. The molecule has 0 unspecified atom stereocenters. The molecule has 1 aromatic carbocycles. The first kappa shape index (κ1) is 23.3. The van der Waals surface area contributed by atoms with Crippen LogP contribution in [0.15, 0.2) is 65.2 Å². The number of nitrogens with zero attached hydrogens (tertiary/aromatic N) is 2. The molecule has 0 atom stereocenters. The number of hydrogen-bond acceptors (Lipinski definition) is 4.